The molecule has 1 aliphatic rings. The average Bonchev–Trinajstić information content (AvgIpc) is 2.78. The van der Waals surface area contributed by atoms with Gasteiger partial charge in [-0.1, -0.05) is 0 Å². The molecule has 0 aliphatic carbocycles. The lowest BCUT2D eigenvalue weighted by atomic mass is 10.1. The number of hydrogen-bond donors (Lipinski definition) is 1. The number of rotatable bonds is 2. The number of nitrogens with two attached hydrogens (primary N) is 1. The second kappa shape index (κ2) is 4.83. The summed E-state index contributed by atoms with van der Waals surface area (Å²) in [4.78, 5) is 28.7. The lowest BCUT2D eigenvalue weighted by molar-refractivity contribution is -0.121. The second-order valence-electron chi connectivity index (χ2n) is 4.00. The third kappa shape index (κ3) is 2.63. The van der Waals surface area contributed by atoms with E-state index < -0.39 is 0 Å². The molecular weight excluding hydrogens is 286 g/mol. The van der Waals surface area contributed by atoms with E-state index in [4.69, 9.17) is 5.73 Å². The standard InChI is InChI=1S/C11H12BrN3O2/c12-8-1-2-9(14-5-8)11(17)15-4-3-7(6-15)10(13)16/h1-2,5,7H,3-4,6H2,(H2,13,16). The van der Waals surface area contributed by atoms with Gasteiger partial charge in [0.25, 0.3) is 5.91 Å². The number of hydrogen-bond acceptors (Lipinski definition) is 3. The van der Waals surface area contributed by atoms with E-state index in [1.807, 2.05) is 0 Å². The minimum Gasteiger partial charge on any atom is -0.369 e. The summed E-state index contributed by atoms with van der Waals surface area (Å²) in [6.45, 7) is 0.954. The molecule has 2 amide bonds. The molecule has 2 rings (SSSR count). The molecule has 0 aromatic carbocycles. The summed E-state index contributed by atoms with van der Waals surface area (Å²) in [7, 11) is 0. The zero-order chi connectivity index (χ0) is 12.4. The van der Waals surface area contributed by atoms with Crippen LogP contribution < -0.4 is 5.73 Å². The Morgan fingerprint density at radius 2 is 2.24 bits per heavy atom. The number of carbonyl (C=O) groups is 2. The number of likely N-dealkylation sites (tertiary alicyclic amines) is 1. The zero-order valence-corrected chi connectivity index (χ0v) is 10.7. The minimum absolute atomic E-state index is 0.152. The lowest BCUT2D eigenvalue weighted by Gasteiger charge is -2.15. The molecule has 0 bridgehead atoms. The first-order valence-electron chi connectivity index (χ1n) is 5.28. The Morgan fingerprint density at radius 1 is 1.47 bits per heavy atom. The van der Waals surface area contributed by atoms with Crippen LogP contribution in [-0.2, 0) is 4.79 Å². The predicted molar refractivity (Wildman–Crippen MR) is 65.1 cm³/mol. The molecule has 1 aliphatic heterocycles. The predicted octanol–water partition coefficient (Wildman–Crippen LogP) is 0.791. The number of carbonyl (C=O) groups excluding carboxylic acids is 2. The third-order valence-electron chi connectivity index (χ3n) is 2.82. The van der Waals surface area contributed by atoms with Gasteiger partial charge in [-0.2, -0.15) is 0 Å². The van der Waals surface area contributed by atoms with Crippen LogP contribution in [0.15, 0.2) is 22.8 Å². The van der Waals surface area contributed by atoms with Gasteiger partial charge in [0, 0.05) is 23.8 Å². The van der Waals surface area contributed by atoms with E-state index in [1.54, 1.807) is 23.2 Å². The maximum atomic E-state index is 12.0. The van der Waals surface area contributed by atoms with Gasteiger partial charge in [0.15, 0.2) is 0 Å². The van der Waals surface area contributed by atoms with Gasteiger partial charge >= 0.3 is 0 Å². The van der Waals surface area contributed by atoms with Crippen molar-refractivity contribution in [3.8, 4) is 0 Å². The topological polar surface area (TPSA) is 76.3 Å². The first kappa shape index (κ1) is 12.0. The normalized spacial score (nSPS) is 19.4. The fourth-order valence-corrected chi connectivity index (χ4v) is 2.08. The quantitative estimate of drug-likeness (QED) is 0.877. The van der Waals surface area contributed by atoms with Crippen molar-refractivity contribution in [3.05, 3.63) is 28.5 Å². The monoisotopic (exact) mass is 297 g/mol. The Morgan fingerprint density at radius 3 is 2.76 bits per heavy atom. The van der Waals surface area contributed by atoms with Crippen molar-refractivity contribution < 1.29 is 9.59 Å². The summed E-state index contributed by atoms with van der Waals surface area (Å²) in [5.41, 5.74) is 5.61. The van der Waals surface area contributed by atoms with Gasteiger partial charge in [0.1, 0.15) is 5.69 Å². The minimum atomic E-state index is -0.343. The summed E-state index contributed by atoms with van der Waals surface area (Å²) in [5.74, 6) is -0.722. The Kier molecular flexibility index (Phi) is 3.42. The molecule has 90 valence electrons. The lowest BCUT2D eigenvalue weighted by Crippen LogP contribution is -2.32. The molecule has 6 heteroatoms. The maximum Gasteiger partial charge on any atom is 0.272 e. The SMILES string of the molecule is NC(=O)C1CCN(C(=O)c2ccc(Br)cn2)C1. The van der Waals surface area contributed by atoms with Crippen molar-refractivity contribution in [2.24, 2.45) is 11.7 Å². The number of aromatic nitrogens is 1. The Bertz CT molecular complexity index is 447. The molecule has 5 nitrogen and oxygen atoms in total. The number of amides is 2. The van der Waals surface area contributed by atoms with Crippen LogP contribution in [0.4, 0.5) is 0 Å². The molecule has 1 saturated heterocycles. The van der Waals surface area contributed by atoms with Gasteiger partial charge in [-0.3, -0.25) is 9.59 Å². The van der Waals surface area contributed by atoms with E-state index in [0.29, 0.717) is 25.2 Å². The van der Waals surface area contributed by atoms with Gasteiger partial charge in [-0.25, -0.2) is 4.98 Å². The fourth-order valence-electron chi connectivity index (χ4n) is 1.84. The molecule has 1 unspecified atom stereocenters. The van der Waals surface area contributed by atoms with Crippen LogP contribution in [0.2, 0.25) is 0 Å². The van der Waals surface area contributed by atoms with Crippen LogP contribution in [0.3, 0.4) is 0 Å². The number of pyridine rings is 1. The van der Waals surface area contributed by atoms with Gasteiger partial charge < -0.3 is 10.6 Å². The van der Waals surface area contributed by atoms with Crippen LogP contribution in [0.25, 0.3) is 0 Å². The van der Waals surface area contributed by atoms with Crippen LogP contribution >= 0.6 is 15.9 Å². The van der Waals surface area contributed by atoms with Gasteiger partial charge in [-0.05, 0) is 34.5 Å². The Labute approximate surface area is 107 Å². The highest BCUT2D eigenvalue weighted by Crippen LogP contribution is 2.18. The molecule has 0 radical (unpaired) electrons. The van der Waals surface area contributed by atoms with E-state index in [-0.39, 0.29) is 17.7 Å². The summed E-state index contributed by atoms with van der Waals surface area (Å²) in [5, 5.41) is 0. The van der Waals surface area contributed by atoms with E-state index in [0.717, 1.165) is 4.47 Å². The molecule has 0 spiro atoms. The maximum absolute atomic E-state index is 12.0. The molecule has 2 heterocycles. The highest BCUT2D eigenvalue weighted by Gasteiger charge is 2.30. The first-order chi connectivity index (χ1) is 8.08. The van der Waals surface area contributed by atoms with Gasteiger partial charge in [0.2, 0.25) is 5.91 Å². The third-order valence-corrected chi connectivity index (χ3v) is 3.29. The van der Waals surface area contributed by atoms with Gasteiger partial charge in [-0.15, -0.1) is 0 Å². The Hall–Kier alpha value is -1.43. The summed E-state index contributed by atoms with van der Waals surface area (Å²) < 4.78 is 0.825. The average molecular weight is 298 g/mol. The summed E-state index contributed by atoms with van der Waals surface area (Å²) in [6.07, 6.45) is 2.21. The number of nitrogens with zero attached hydrogens (tertiary/aromatic N) is 2. The van der Waals surface area contributed by atoms with Crippen LogP contribution in [-0.4, -0.2) is 34.8 Å². The molecule has 2 N–H and O–H groups in total. The molecule has 1 atom stereocenters. The molecular formula is C11H12BrN3O2. The number of primary amides is 1. The fraction of sp³-hybridized carbons (Fsp3) is 0.364. The van der Waals surface area contributed by atoms with Crippen LogP contribution in [0, 0.1) is 5.92 Å². The van der Waals surface area contributed by atoms with Gasteiger partial charge in [0.05, 0.1) is 5.92 Å². The van der Waals surface area contributed by atoms with Crippen LogP contribution in [0.5, 0.6) is 0 Å². The van der Waals surface area contributed by atoms with Crippen molar-refractivity contribution in [1.29, 1.82) is 0 Å². The van der Waals surface area contributed by atoms with E-state index in [1.165, 1.54) is 0 Å². The molecule has 1 fully saturated rings. The zero-order valence-electron chi connectivity index (χ0n) is 9.10. The molecule has 0 saturated carbocycles. The van der Waals surface area contributed by atoms with E-state index >= 15 is 0 Å². The molecule has 1 aromatic rings. The van der Waals surface area contributed by atoms with Crippen LogP contribution in [0.1, 0.15) is 16.9 Å². The highest BCUT2D eigenvalue weighted by atomic mass is 79.9. The number of halogens is 1. The summed E-state index contributed by atoms with van der Waals surface area (Å²) >= 11 is 3.26. The largest absolute Gasteiger partial charge is 0.369 e. The molecule has 17 heavy (non-hydrogen) atoms. The first-order valence-corrected chi connectivity index (χ1v) is 6.07. The van der Waals surface area contributed by atoms with Crippen molar-refractivity contribution in [1.82, 2.24) is 9.88 Å². The highest BCUT2D eigenvalue weighted by molar-refractivity contribution is 9.10. The van der Waals surface area contributed by atoms with Crippen molar-refractivity contribution in [2.75, 3.05) is 13.1 Å². The van der Waals surface area contributed by atoms with Crippen molar-refractivity contribution in [3.63, 3.8) is 0 Å². The summed E-state index contributed by atoms with van der Waals surface area (Å²) in [6, 6.07) is 3.42. The van der Waals surface area contributed by atoms with E-state index in [2.05, 4.69) is 20.9 Å². The molecule has 1 aromatic heterocycles. The second-order valence-corrected chi connectivity index (χ2v) is 4.92. The van der Waals surface area contributed by atoms with E-state index in [9.17, 15) is 9.59 Å². The van der Waals surface area contributed by atoms with Crippen molar-refractivity contribution >= 4 is 27.7 Å². The smallest absolute Gasteiger partial charge is 0.272 e. The van der Waals surface area contributed by atoms with Crippen molar-refractivity contribution in [2.45, 2.75) is 6.42 Å². The Balaban J connectivity index is 2.07.